The average Bonchev–Trinajstić information content (AvgIpc) is 2.93. The molecular formula is C11H15N3O. The SMILES string of the molecule is Nc1cc([C@H]2CCCO2)nc(C2CC2)n1. The Kier molecular flexibility index (Phi) is 2.09. The molecule has 0 radical (unpaired) electrons. The molecule has 1 saturated carbocycles. The van der Waals surface area contributed by atoms with Crippen LogP contribution in [0, 0.1) is 0 Å². The fourth-order valence-corrected chi connectivity index (χ4v) is 2.01. The molecule has 4 nitrogen and oxygen atoms in total. The van der Waals surface area contributed by atoms with E-state index >= 15 is 0 Å². The van der Waals surface area contributed by atoms with Crippen molar-refractivity contribution in [1.29, 1.82) is 0 Å². The fraction of sp³-hybridized carbons (Fsp3) is 0.636. The third kappa shape index (κ3) is 1.81. The van der Waals surface area contributed by atoms with Crippen LogP contribution in [0.1, 0.15) is 49.2 Å². The maximum Gasteiger partial charge on any atom is 0.134 e. The number of anilines is 1. The van der Waals surface area contributed by atoms with Crippen molar-refractivity contribution in [2.75, 3.05) is 12.3 Å². The van der Waals surface area contributed by atoms with Gasteiger partial charge in [-0.2, -0.15) is 0 Å². The van der Waals surface area contributed by atoms with Crippen LogP contribution in [0.2, 0.25) is 0 Å². The Morgan fingerprint density at radius 2 is 2.13 bits per heavy atom. The zero-order chi connectivity index (χ0) is 10.3. The Hall–Kier alpha value is -1.16. The van der Waals surface area contributed by atoms with Crippen LogP contribution in [-0.2, 0) is 4.74 Å². The smallest absolute Gasteiger partial charge is 0.134 e. The Balaban J connectivity index is 1.91. The highest BCUT2D eigenvalue weighted by Crippen LogP contribution is 2.39. The molecule has 0 unspecified atom stereocenters. The van der Waals surface area contributed by atoms with Crippen molar-refractivity contribution in [2.45, 2.75) is 37.7 Å². The monoisotopic (exact) mass is 205 g/mol. The molecule has 0 aromatic carbocycles. The van der Waals surface area contributed by atoms with Crippen molar-refractivity contribution in [3.05, 3.63) is 17.6 Å². The largest absolute Gasteiger partial charge is 0.384 e. The zero-order valence-electron chi connectivity index (χ0n) is 8.65. The van der Waals surface area contributed by atoms with Gasteiger partial charge >= 0.3 is 0 Å². The second-order valence-electron chi connectivity index (χ2n) is 4.35. The Morgan fingerprint density at radius 1 is 1.27 bits per heavy atom. The summed E-state index contributed by atoms with van der Waals surface area (Å²) in [5, 5.41) is 0. The van der Waals surface area contributed by atoms with Crippen LogP contribution in [0.4, 0.5) is 5.82 Å². The maximum absolute atomic E-state index is 5.79. The minimum atomic E-state index is 0.146. The first kappa shape index (κ1) is 9.09. The van der Waals surface area contributed by atoms with Crippen LogP contribution in [-0.4, -0.2) is 16.6 Å². The Bertz CT molecular complexity index is 370. The van der Waals surface area contributed by atoms with Crippen molar-refractivity contribution in [3.8, 4) is 0 Å². The Labute approximate surface area is 88.9 Å². The van der Waals surface area contributed by atoms with Crippen molar-refractivity contribution in [1.82, 2.24) is 9.97 Å². The molecule has 2 heterocycles. The molecular weight excluding hydrogens is 190 g/mol. The standard InChI is InChI=1S/C11H15N3O/c12-10-6-8(9-2-1-5-15-9)13-11(14-10)7-3-4-7/h6-7,9H,1-5H2,(H2,12,13,14)/t9-/m1/s1. The van der Waals surface area contributed by atoms with Gasteiger partial charge in [0, 0.05) is 18.6 Å². The number of ether oxygens (including phenoxy) is 1. The van der Waals surface area contributed by atoms with Crippen LogP contribution < -0.4 is 5.73 Å². The molecule has 1 aliphatic carbocycles. The van der Waals surface area contributed by atoms with Gasteiger partial charge in [-0.05, 0) is 25.7 Å². The molecule has 2 fully saturated rings. The molecule has 15 heavy (non-hydrogen) atoms. The number of hydrogen-bond acceptors (Lipinski definition) is 4. The molecule has 1 aliphatic heterocycles. The van der Waals surface area contributed by atoms with Crippen LogP contribution in [0.5, 0.6) is 0 Å². The van der Waals surface area contributed by atoms with Crippen LogP contribution in [0.3, 0.4) is 0 Å². The predicted molar refractivity (Wildman–Crippen MR) is 56.3 cm³/mol. The minimum absolute atomic E-state index is 0.146. The summed E-state index contributed by atoms with van der Waals surface area (Å²) in [7, 11) is 0. The quantitative estimate of drug-likeness (QED) is 0.799. The average molecular weight is 205 g/mol. The number of nitrogen functional groups attached to an aromatic ring is 1. The second-order valence-corrected chi connectivity index (χ2v) is 4.35. The van der Waals surface area contributed by atoms with Crippen LogP contribution in [0.25, 0.3) is 0 Å². The summed E-state index contributed by atoms with van der Waals surface area (Å²) >= 11 is 0. The van der Waals surface area contributed by atoms with Gasteiger partial charge in [0.2, 0.25) is 0 Å². The normalized spacial score (nSPS) is 25.7. The number of rotatable bonds is 2. The van der Waals surface area contributed by atoms with Gasteiger partial charge in [-0.25, -0.2) is 9.97 Å². The molecule has 1 atom stereocenters. The van der Waals surface area contributed by atoms with E-state index in [-0.39, 0.29) is 6.10 Å². The minimum Gasteiger partial charge on any atom is -0.384 e. The van der Waals surface area contributed by atoms with E-state index in [9.17, 15) is 0 Å². The predicted octanol–water partition coefficient (Wildman–Crippen LogP) is 1.79. The summed E-state index contributed by atoms with van der Waals surface area (Å²) in [4.78, 5) is 8.84. The van der Waals surface area contributed by atoms with Crippen LogP contribution in [0.15, 0.2) is 6.07 Å². The van der Waals surface area contributed by atoms with Gasteiger partial charge in [-0.3, -0.25) is 0 Å². The molecule has 1 aromatic heterocycles. The van der Waals surface area contributed by atoms with Gasteiger partial charge in [-0.1, -0.05) is 0 Å². The number of hydrogen-bond donors (Lipinski definition) is 1. The summed E-state index contributed by atoms with van der Waals surface area (Å²) in [5.41, 5.74) is 6.76. The molecule has 0 amide bonds. The second kappa shape index (κ2) is 3.45. The lowest BCUT2D eigenvalue weighted by Crippen LogP contribution is -2.06. The van der Waals surface area contributed by atoms with Gasteiger partial charge in [-0.15, -0.1) is 0 Å². The lowest BCUT2D eigenvalue weighted by molar-refractivity contribution is 0.108. The van der Waals surface area contributed by atoms with E-state index in [1.165, 1.54) is 12.8 Å². The molecule has 1 saturated heterocycles. The molecule has 2 aliphatic rings. The van der Waals surface area contributed by atoms with E-state index in [2.05, 4.69) is 9.97 Å². The van der Waals surface area contributed by atoms with Crippen molar-refractivity contribution >= 4 is 5.82 Å². The van der Waals surface area contributed by atoms with E-state index in [4.69, 9.17) is 10.5 Å². The molecule has 3 rings (SSSR count). The maximum atomic E-state index is 5.79. The zero-order valence-corrected chi connectivity index (χ0v) is 8.65. The van der Waals surface area contributed by atoms with Crippen molar-refractivity contribution < 1.29 is 4.74 Å². The molecule has 4 heteroatoms. The van der Waals surface area contributed by atoms with Gasteiger partial charge in [0.25, 0.3) is 0 Å². The van der Waals surface area contributed by atoms with E-state index in [0.29, 0.717) is 11.7 Å². The third-order valence-electron chi connectivity index (χ3n) is 2.99. The highest BCUT2D eigenvalue weighted by Gasteiger charge is 2.28. The topological polar surface area (TPSA) is 61.0 Å². The lowest BCUT2D eigenvalue weighted by Gasteiger charge is -2.10. The summed E-state index contributed by atoms with van der Waals surface area (Å²) in [5.74, 6) is 2.05. The molecule has 80 valence electrons. The first-order chi connectivity index (χ1) is 7.33. The van der Waals surface area contributed by atoms with E-state index < -0.39 is 0 Å². The van der Waals surface area contributed by atoms with E-state index in [0.717, 1.165) is 31.0 Å². The lowest BCUT2D eigenvalue weighted by atomic mass is 10.1. The van der Waals surface area contributed by atoms with Gasteiger partial charge in [0.05, 0.1) is 11.8 Å². The summed E-state index contributed by atoms with van der Waals surface area (Å²) in [6.45, 7) is 0.841. The number of nitrogens with two attached hydrogens (primary N) is 1. The molecule has 1 aromatic rings. The first-order valence-corrected chi connectivity index (χ1v) is 5.59. The van der Waals surface area contributed by atoms with Crippen LogP contribution >= 0.6 is 0 Å². The van der Waals surface area contributed by atoms with Crippen molar-refractivity contribution in [3.63, 3.8) is 0 Å². The Morgan fingerprint density at radius 3 is 2.80 bits per heavy atom. The highest BCUT2D eigenvalue weighted by molar-refractivity contribution is 5.32. The van der Waals surface area contributed by atoms with E-state index in [1.54, 1.807) is 0 Å². The van der Waals surface area contributed by atoms with Crippen molar-refractivity contribution in [2.24, 2.45) is 0 Å². The van der Waals surface area contributed by atoms with Gasteiger partial charge in [0.15, 0.2) is 0 Å². The summed E-state index contributed by atoms with van der Waals surface area (Å²) in [6, 6.07) is 1.85. The van der Waals surface area contributed by atoms with E-state index in [1.807, 2.05) is 6.07 Å². The molecule has 0 spiro atoms. The number of aromatic nitrogens is 2. The summed E-state index contributed by atoms with van der Waals surface area (Å²) in [6.07, 6.45) is 4.73. The molecule has 0 bridgehead atoms. The number of nitrogens with zero attached hydrogens (tertiary/aromatic N) is 2. The summed E-state index contributed by atoms with van der Waals surface area (Å²) < 4.78 is 5.60. The molecule has 2 N–H and O–H groups in total. The first-order valence-electron chi connectivity index (χ1n) is 5.59. The highest BCUT2D eigenvalue weighted by atomic mass is 16.5. The third-order valence-corrected chi connectivity index (χ3v) is 2.99. The fourth-order valence-electron chi connectivity index (χ4n) is 2.01. The van der Waals surface area contributed by atoms with Gasteiger partial charge in [0.1, 0.15) is 11.6 Å². The van der Waals surface area contributed by atoms with Gasteiger partial charge < -0.3 is 10.5 Å².